The van der Waals surface area contributed by atoms with Crippen molar-refractivity contribution in [2.24, 2.45) is 11.3 Å². The molecule has 0 aromatic heterocycles. The maximum Gasteiger partial charge on any atom is 0.341 e. The van der Waals surface area contributed by atoms with Crippen LogP contribution in [0.4, 0.5) is 11.4 Å². The summed E-state index contributed by atoms with van der Waals surface area (Å²) in [6.45, 7) is 13.0. The van der Waals surface area contributed by atoms with Gasteiger partial charge in [0.1, 0.15) is 17.7 Å². The van der Waals surface area contributed by atoms with Gasteiger partial charge < -0.3 is 24.8 Å². The van der Waals surface area contributed by atoms with Crippen molar-refractivity contribution in [1.82, 2.24) is 0 Å². The molecular formula is C43H50N2O4. The van der Waals surface area contributed by atoms with Crippen molar-refractivity contribution in [1.29, 1.82) is 0 Å². The highest BCUT2D eigenvalue weighted by Gasteiger charge is 2.53. The number of nitrogens with one attached hydrogen (secondary N) is 1. The van der Waals surface area contributed by atoms with Crippen molar-refractivity contribution in [3.8, 4) is 22.6 Å². The van der Waals surface area contributed by atoms with E-state index < -0.39 is 5.97 Å². The van der Waals surface area contributed by atoms with Crippen molar-refractivity contribution >= 4 is 17.3 Å². The van der Waals surface area contributed by atoms with Gasteiger partial charge in [-0.05, 0) is 125 Å². The van der Waals surface area contributed by atoms with Crippen LogP contribution >= 0.6 is 0 Å². The molecule has 7 rings (SSSR count). The van der Waals surface area contributed by atoms with E-state index in [1.54, 1.807) is 17.2 Å². The molecule has 4 unspecified atom stereocenters. The van der Waals surface area contributed by atoms with Gasteiger partial charge >= 0.3 is 5.97 Å². The molecule has 1 saturated carbocycles. The fraction of sp³-hybridized carbons (Fsp3) is 0.419. The summed E-state index contributed by atoms with van der Waals surface area (Å²) in [4.78, 5) is 13.7. The molecule has 3 aliphatic rings. The van der Waals surface area contributed by atoms with Crippen LogP contribution in [-0.2, 0) is 16.6 Å². The van der Waals surface area contributed by atoms with Crippen LogP contribution in [0.2, 0.25) is 0 Å². The van der Waals surface area contributed by atoms with E-state index in [1.807, 2.05) is 31.2 Å². The van der Waals surface area contributed by atoms with Gasteiger partial charge in [-0.15, -0.1) is 0 Å². The minimum Gasteiger partial charge on any atom is -0.494 e. The van der Waals surface area contributed by atoms with Crippen LogP contribution in [0.15, 0.2) is 84.9 Å². The largest absolute Gasteiger partial charge is 0.494 e. The first-order chi connectivity index (χ1) is 23.6. The first-order valence-corrected chi connectivity index (χ1v) is 18.1. The van der Waals surface area contributed by atoms with Gasteiger partial charge in [0.2, 0.25) is 0 Å². The molecule has 0 bridgehead atoms. The summed E-state index contributed by atoms with van der Waals surface area (Å²) in [5.41, 5.74) is 10.4. The number of carbonyl (C=O) groups is 1. The second-order valence-electron chi connectivity index (χ2n) is 15.2. The summed E-state index contributed by atoms with van der Waals surface area (Å²) < 4.78 is 11.5. The Morgan fingerprint density at radius 3 is 2.49 bits per heavy atom. The summed E-state index contributed by atoms with van der Waals surface area (Å²) in [6, 6.07) is 30.2. The Kier molecular flexibility index (Phi) is 8.85. The van der Waals surface area contributed by atoms with Crippen LogP contribution in [0.5, 0.6) is 11.5 Å². The zero-order chi connectivity index (χ0) is 34.3. The molecule has 1 heterocycles. The third-order valence-corrected chi connectivity index (χ3v) is 11.6. The number of aryl methyl sites for hydroxylation is 1. The number of hydrogen-bond acceptors (Lipinski definition) is 5. The van der Waals surface area contributed by atoms with E-state index in [1.165, 1.54) is 42.5 Å². The molecule has 6 heteroatoms. The van der Waals surface area contributed by atoms with E-state index >= 15 is 0 Å². The average Bonchev–Trinajstić information content (AvgIpc) is 3.44. The Morgan fingerprint density at radius 2 is 1.71 bits per heavy atom. The molecule has 6 nitrogen and oxygen atoms in total. The van der Waals surface area contributed by atoms with Crippen molar-refractivity contribution in [3.63, 3.8) is 0 Å². The number of nitrogens with zero attached hydrogens (tertiary/aromatic N) is 1. The number of fused-ring (bicyclic) bond motifs is 4. The lowest BCUT2D eigenvalue weighted by molar-refractivity contribution is -0.139. The minimum absolute atomic E-state index is 0.0367. The van der Waals surface area contributed by atoms with E-state index in [0.29, 0.717) is 24.2 Å². The van der Waals surface area contributed by atoms with Gasteiger partial charge in [-0.3, -0.25) is 0 Å². The highest BCUT2D eigenvalue weighted by molar-refractivity contribution is 5.83. The fourth-order valence-corrected chi connectivity index (χ4v) is 9.32. The van der Waals surface area contributed by atoms with E-state index in [2.05, 4.69) is 92.5 Å². The Hall–Kier alpha value is -4.45. The smallest absolute Gasteiger partial charge is 0.341 e. The third kappa shape index (κ3) is 6.26. The number of benzene rings is 4. The Bertz CT molecular complexity index is 1850. The average molecular weight is 659 g/mol. The molecule has 256 valence electrons. The Morgan fingerprint density at radius 1 is 0.939 bits per heavy atom. The van der Waals surface area contributed by atoms with E-state index in [9.17, 15) is 4.79 Å². The van der Waals surface area contributed by atoms with Gasteiger partial charge in [0.05, 0.1) is 18.0 Å². The molecule has 1 aliphatic heterocycles. The summed E-state index contributed by atoms with van der Waals surface area (Å²) in [7, 11) is 0. The number of anilines is 2. The first-order valence-electron chi connectivity index (χ1n) is 18.1. The van der Waals surface area contributed by atoms with Crippen molar-refractivity contribution < 1.29 is 19.4 Å². The maximum atomic E-state index is 11.1. The molecule has 1 fully saturated rings. The lowest BCUT2D eigenvalue weighted by Gasteiger charge is -2.57. The van der Waals surface area contributed by atoms with E-state index in [-0.39, 0.29) is 23.6 Å². The molecule has 0 amide bonds. The SMILES string of the molecule is CCOc1cccc(C2Nc3cc(-c4cccc(OCC(=O)O)c4)ccc3N2CC2(C)CCCC3(C)c4ccc(C(C)C)cc4CCC23)c1. The van der Waals surface area contributed by atoms with Gasteiger partial charge in [-0.2, -0.15) is 0 Å². The summed E-state index contributed by atoms with van der Waals surface area (Å²) in [5, 5.41) is 13.0. The van der Waals surface area contributed by atoms with Crippen molar-refractivity contribution in [2.75, 3.05) is 30.0 Å². The highest BCUT2D eigenvalue weighted by Crippen LogP contribution is 2.59. The quantitative estimate of drug-likeness (QED) is 0.177. The highest BCUT2D eigenvalue weighted by atomic mass is 16.5. The standard InChI is InChI=1S/C43H50N2O4/c1-6-48-34-12-8-11-33(24-34)41-44-37-25-31(30-10-7-13-35(23-30)49-26-40(46)47)15-18-38(37)45(41)27-42(4)20-9-21-43(5)36-17-14-29(28(2)3)22-32(36)16-19-39(42)43/h7-8,10-15,17-18,22-25,28,39,41,44H,6,9,16,19-21,26-27H2,1-5H3,(H,46,47). The topological polar surface area (TPSA) is 71.0 Å². The summed E-state index contributed by atoms with van der Waals surface area (Å²) in [5.74, 6) is 1.57. The Labute approximate surface area is 291 Å². The molecule has 0 spiro atoms. The maximum absolute atomic E-state index is 11.1. The number of rotatable bonds is 10. The van der Waals surface area contributed by atoms with Crippen molar-refractivity contribution in [2.45, 2.75) is 84.2 Å². The predicted molar refractivity (Wildman–Crippen MR) is 198 cm³/mol. The second-order valence-corrected chi connectivity index (χ2v) is 15.2. The monoisotopic (exact) mass is 658 g/mol. The zero-order valence-electron chi connectivity index (χ0n) is 29.6. The molecule has 49 heavy (non-hydrogen) atoms. The molecule has 4 atom stereocenters. The van der Waals surface area contributed by atoms with Crippen LogP contribution in [0.3, 0.4) is 0 Å². The van der Waals surface area contributed by atoms with Crippen molar-refractivity contribution in [3.05, 3.63) is 107 Å². The second kappa shape index (κ2) is 13.1. The molecule has 2 aliphatic carbocycles. The summed E-state index contributed by atoms with van der Waals surface area (Å²) >= 11 is 0. The van der Waals surface area contributed by atoms with Gasteiger partial charge in [0.25, 0.3) is 0 Å². The predicted octanol–water partition coefficient (Wildman–Crippen LogP) is 9.98. The van der Waals surface area contributed by atoms with Crippen LogP contribution in [0.25, 0.3) is 11.1 Å². The lowest BCUT2D eigenvalue weighted by atomic mass is 9.49. The van der Waals surface area contributed by atoms with Crippen LogP contribution in [-0.4, -0.2) is 30.8 Å². The molecule has 4 aromatic carbocycles. The number of carboxylic acid groups (broad SMARTS) is 1. The molecular weight excluding hydrogens is 608 g/mol. The number of aliphatic carboxylic acids is 1. The minimum atomic E-state index is -0.989. The normalized spacial score (nSPS) is 24.1. The van der Waals surface area contributed by atoms with Gasteiger partial charge in [0, 0.05) is 6.54 Å². The number of ether oxygens (including phenoxy) is 2. The van der Waals surface area contributed by atoms with Crippen LogP contribution in [0, 0.1) is 11.3 Å². The molecule has 4 aromatic rings. The molecule has 0 radical (unpaired) electrons. The first kappa shape index (κ1) is 33.1. The number of hydrogen-bond donors (Lipinski definition) is 2. The lowest BCUT2D eigenvalue weighted by Crippen LogP contribution is -2.53. The fourth-order valence-electron chi connectivity index (χ4n) is 9.32. The summed E-state index contributed by atoms with van der Waals surface area (Å²) in [6.07, 6.45) is 6.02. The van der Waals surface area contributed by atoms with Gasteiger partial charge in [-0.25, -0.2) is 4.79 Å². The zero-order valence-corrected chi connectivity index (χ0v) is 29.6. The van der Waals surface area contributed by atoms with Crippen LogP contribution < -0.4 is 19.7 Å². The van der Waals surface area contributed by atoms with Crippen LogP contribution in [0.1, 0.15) is 94.6 Å². The third-order valence-electron chi connectivity index (χ3n) is 11.6. The van der Waals surface area contributed by atoms with Gasteiger partial charge in [0.15, 0.2) is 6.61 Å². The Balaban J connectivity index is 1.24. The van der Waals surface area contributed by atoms with E-state index in [4.69, 9.17) is 14.6 Å². The number of carboxylic acids is 1. The van der Waals surface area contributed by atoms with Gasteiger partial charge in [-0.1, -0.05) is 82.6 Å². The van der Waals surface area contributed by atoms with E-state index in [0.717, 1.165) is 35.5 Å². The molecule has 0 saturated heterocycles. The molecule has 2 N–H and O–H groups in total.